The van der Waals surface area contributed by atoms with Gasteiger partial charge in [-0.2, -0.15) is 0 Å². The zero-order valence-corrected chi connectivity index (χ0v) is 12.3. The van der Waals surface area contributed by atoms with Gasteiger partial charge < -0.3 is 20.5 Å². The van der Waals surface area contributed by atoms with Crippen LogP contribution in [0.1, 0.15) is 12.0 Å². The molecule has 2 aromatic carbocycles. The highest BCUT2D eigenvalue weighted by atomic mass is 16.5. The largest absolute Gasteiger partial charge is 0.489 e. The Labute approximate surface area is 129 Å². The van der Waals surface area contributed by atoms with E-state index in [1.165, 1.54) is 0 Å². The van der Waals surface area contributed by atoms with E-state index in [4.69, 9.17) is 9.84 Å². The number of anilines is 1. The summed E-state index contributed by atoms with van der Waals surface area (Å²) in [7, 11) is 0. The number of benzene rings is 2. The Balaban J connectivity index is 1.93. The van der Waals surface area contributed by atoms with Crippen molar-refractivity contribution < 1.29 is 14.6 Å². The average Bonchev–Trinajstić information content (AvgIpc) is 2.55. The van der Waals surface area contributed by atoms with Gasteiger partial charge >= 0.3 is 6.03 Å². The minimum absolute atomic E-state index is 0.0573. The van der Waals surface area contributed by atoms with Crippen molar-refractivity contribution >= 4 is 11.7 Å². The second kappa shape index (κ2) is 8.69. The highest BCUT2D eigenvalue weighted by Gasteiger charge is 2.06. The van der Waals surface area contributed by atoms with Crippen LogP contribution in [0, 0.1) is 0 Å². The Hall–Kier alpha value is -2.53. The summed E-state index contributed by atoms with van der Waals surface area (Å²) < 4.78 is 5.71. The number of nitrogens with one attached hydrogen (secondary N) is 2. The Bertz CT molecular complexity index is 587. The first-order valence-electron chi connectivity index (χ1n) is 7.21. The van der Waals surface area contributed by atoms with Gasteiger partial charge in [-0.05, 0) is 24.6 Å². The fraction of sp³-hybridized carbons (Fsp3) is 0.235. The molecule has 3 N–H and O–H groups in total. The summed E-state index contributed by atoms with van der Waals surface area (Å²) in [5.74, 6) is 0.782. The summed E-state index contributed by atoms with van der Waals surface area (Å²) in [4.78, 5) is 11.8. The van der Waals surface area contributed by atoms with Crippen LogP contribution in [0.25, 0.3) is 0 Å². The van der Waals surface area contributed by atoms with Crippen LogP contribution in [0.4, 0.5) is 10.5 Å². The molecule has 22 heavy (non-hydrogen) atoms. The Kier molecular flexibility index (Phi) is 6.26. The van der Waals surface area contributed by atoms with Crippen LogP contribution in [0.3, 0.4) is 0 Å². The summed E-state index contributed by atoms with van der Waals surface area (Å²) in [6.45, 7) is 0.865. The molecule has 0 unspecified atom stereocenters. The maximum absolute atomic E-state index is 11.8. The van der Waals surface area contributed by atoms with Crippen LogP contribution < -0.4 is 15.4 Å². The zero-order valence-electron chi connectivity index (χ0n) is 12.3. The summed E-state index contributed by atoms with van der Waals surface area (Å²) in [5.41, 5.74) is 1.60. The number of rotatable bonds is 7. The number of para-hydroxylation sites is 2. The Morgan fingerprint density at radius 1 is 1.05 bits per heavy atom. The first-order chi connectivity index (χ1) is 10.8. The van der Waals surface area contributed by atoms with E-state index < -0.39 is 0 Å². The predicted molar refractivity (Wildman–Crippen MR) is 85.9 cm³/mol. The molecule has 5 heteroatoms. The molecule has 2 aromatic rings. The van der Waals surface area contributed by atoms with E-state index in [9.17, 15) is 4.79 Å². The molecule has 0 radical (unpaired) electrons. The quantitative estimate of drug-likeness (QED) is 0.689. The third kappa shape index (κ3) is 5.10. The number of hydrogen-bond acceptors (Lipinski definition) is 3. The van der Waals surface area contributed by atoms with Gasteiger partial charge in [0.2, 0.25) is 0 Å². The molecule has 2 rings (SSSR count). The normalized spacial score (nSPS) is 10.0. The number of aliphatic hydroxyl groups is 1. The van der Waals surface area contributed by atoms with E-state index >= 15 is 0 Å². The van der Waals surface area contributed by atoms with Crippen LogP contribution in [0.5, 0.6) is 5.75 Å². The second-order valence-corrected chi connectivity index (χ2v) is 4.72. The molecule has 2 amide bonds. The number of carbonyl (C=O) groups is 1. The van der Waals surface area contributed by atoms with Gasteiger partial charge in [-0.15, -0.1) is 0 Å². The predicted octanol–water partition coefficient (Wildman–Crippen LogP) is 2.77. The Morgan fingerprint density at radius 2 is 1.77 bits per heavy atom. The molecule has 0 saturated heterocycles. The SMILES string of the molecule is O=C(NCCCO)Nc1ccccc1COc1ccccc1. The fourth-order valence-electron chi connectivity index (χ4n) is 1.89. The number of carbonyl (C=O) groups excluding carboxylic acids is 1. The van der Waals surface area contributed by atoms with Crippen LogP contribution in [-0.2, 0) is 6.61 Å². The van der Waals surface area contributed by atoms with Crippen molar-refractivity contribution in [3.05, 3.63) is 60.2 Å². The lowest BCUT2D eigenvalue weighted by atomic mass is 10.2. The van der Waals surface area contributed by atoms with Gasteiger partial charge in [-0.25, -0.2) is 4.79 Å². The molecular weight excluding hydrogens is 280 g/mol. The monoisotopic (exact) mass is 300 g/mol. The third-order valence-electron chi connectivity index (χ3n) is 3.02. The summed E-state index contributed by atoms with van der Waals surface area (Å²) >= 11 is 0. The highest BCUT2D eigenvalue weighted by molar-refractivity contribution is 5.90. The van der Waals surface area contributed by atoms with Crippen LogP contribution in [-0.4, -0.2) is 24.3 Å². The van der Waals surface area contributed by atoms with E-state index in [-0.39, 0.29) is 12.6 Å². The van der Waals surface area contributed by atoms with Crippen molar-refractivity contribution in [2.45, 2.75) is 13.0 Å². The lowest BCUT2D eigenvalue weighted by molar-refractivity contribution is 0.248. The van der Waals surface area contributed by atoms with E-state index in [1.54, 1.807) is 0 Å². The number of ether oxygens (including phenoxy) is 1. The smallest absolute Gasteiger partial charge is 0.319 e. The first kappa shape index (κ1) is 15.9. The lowest BCUT2D eigenvalue weighted by Gasteiger charge is -2.12. The molecule has 0 aromatic heterocycles. The topological polar surface area (TPSA) is 70.6 Å². The highest BCUT2D eigenvalue weighted by Crippen LogP contribution is 2.18. The molecule has 0 bridgehead atoms. The van der Waals surface area contributed by atoms with E-state index in [1.807, 2.05) is 54.6 Å². The molecule has 0 aliphatic heterocycles. The number of hydrogen-bond donors (Lipinski definition) is 3. The third-order valence-corrected chi connectivity index (χ3v) is 3.02. The number of amides is 2. The summed E-state index contributed by atoms with van der Waals surface area (Å²) in [6.07, 6.45) is 0.534. The minimum Gasteiger partial charge on any atom is -0.489 e. The van der Waals surface area contributed by atoms with Gasteiger partial charge in [-0.1, -0.05) is 36.4 Å². The molecule has 5 nitrogen and oxygen atoms in total. The average molecular weight is 300 g/mol. The van der Waals surface area contributed by atoms with Gasteiger partial charge in [0.1, 0.15) is 12.4 Å². The van der Waals surface area contributed by atoms with Gasteiger partial charge in [0.05, 0.1) is 0 Å². The van der Waals surface area contributed by atoms with E-state index in [0.29, 0.717) is 25.3 Å². The van der Waals surface area contributed by atoms with Crippen molar-refractivity contribution in [1.29, 1.82) is 0 Å². The van der Waals surface area contributed by atoms with Crippen molar-refractivity contribution in [3.8, 4) is 5.75 Å². The molecule has 0 saturated carbocycles. The van der Waals surface area contributed by atoms with Gasteiger partial charge in [0.15, 0.2) is 0 Å². The van der Waals surface area contributed by atoms with Crippen molar-refractivity contribution in [2.75, 3.05) is 18.5 Å². The van der Waals surface area contributed by atoms with E-state index in [2.05, 4.69) is 10.6 Å². The van der Waals surface area contributed by atoms with Crippen LogP contribution in [0.15, 0.2) is 54.6 Å². The van der Waals surface area contributed by atoms with Gasteiger partial charge in [-0.3, -0.25) is 0 Å². The molecule has 0 spiro atoms. The molecule has 0 atom stereocenters. The van der Waals surface area contributed by atoms with Crippen molar-refractivity contribution in [1.82, 2.24) is 5.32 Å². The van der Waals surface area contributed by atoms with Crippen molar-refractivity contribution in [2.24, 2.45) is 0 Å². The van der Waals surface area contributed by atoms with Gasteiger partial charge in [0, 0.05) is 24.4 Å². The minimum atomic E-state index is -0.291. The van der Waals surface area contributed by atoms with Crippen molar-refractivity contribution in [3.63, 3.8) is 0 Å². The first-order valence-corrected chi connectivity index (χ1v) is 7.21. The molecular formula is C17H20N2O3. The van der Waals surface area contributed by atoms with Crippen LogP contribution >= 0.6 is 0 Å². The summed E-state index contributed by atoms with van der Waals surface area (Å²) in [6, 6.07) is 16.7. The maximum atomic E-state index is 11.8. The second-order valence-electron chi connectivity index (χ2n) is 4.72. The zero-order chi connectivity index (χ0) is 15.6. The summed E-state index contributed by atoms with van der Waals surface area (Å²) in [5, 5.41) is 14.2. The molecule has 0 aliphatic rings. The van der Waals surface area contributed by atoms with Crippen LogP contribution in [0.2, 0.25) is 0 Å². The molecule has 0 fully saturated rings. The molecule has 0 heterocycles. The molecule has 0 aliphatic carbocycles. The number of urea groups is 1. The maximum Gasteiger partial charge on any atom is 0.319 e. The lowest BCUT2D eigenvalue weighted by Crippen LogP contribution is -2.30. The van der Waals surface area contributed by atoms with E-state index in [0.717, 1.165) is 11.3 Å². The Morgan fingerprint density at radius 3 is 2.55 bits per heavy atom. The standard InChI is InChI=1S/C17H20N2O3/c20-12-6-11-18-17(21)19-16-10-5-4-7-14(16)13-22-15-8-2-1-3-9-15/h1-5,7-10,20H,6,11-13H2,(H2,18,19,21). The van der Waals surface area contributed by atoms with Gasteiger partial charge in [0.25, 0.3) is 0 Å². The fourth-order valence-corrected chi connectivity index (χ4v) is 1.89. The number of aliphatic hydroxyl groups excluding tert-OH is 1. The molecule has 116 valence electrons.